The highest BCUT2D eigenvalue weighted by atomic mass is 16.1. The third-order valence-corrected chi connectivity index (χ3v) is 6.92. The Morgan fingerprint density at radius 2 is 1.17 bits per heavy atom. The van der Waals surface area contributed by atoms with Crippen LogP contribution in [0.1, 0.15) is 60.0 Å². The van der Waals surface area contributed by atoms with E-state index in [4.69, 9.17) is 9.97 Å². The molecule has 0 radical (unpaired) electrons. The number of ketones is 1. The summed E-state index contributed by atoms with van der Waals surface area (Å²) in [5.41, 5.74) is 6.61. The first-order valence-corrected chi connectivity index (χ1v) is 11.1. The number of hydrogen-bond donors (Lipinski definition) is 0. The van der Waals surface area contributed by atoms with Crippen LogP contribution in [0.2, 0.25) is 0 Å². The number of rotatable bonds is 2. The Kier molecular flexibility index (Phi) is 4.15. The van der Waals surface area contributed by atoms with E-state index in [9.17, 15) is 4.79 Å². The highest BCUT2D eigenvalue weighted by molar-refractivity contribution is 5.94. The molecule has 2 heterocycles. The maximum absolute atomic E-state index is 13.9. The summed E-state index contributed by atoms with van der Waals surface area (Å²) in [6.07, 6.45) is 5.86. The van der Waals surface area contributed by atoms with Crippen LogP contribution in [-0.4, -0.2) is 15.8 Å². The number of Topliss-reactive ketones (excluding diaryl/α,β-unsaturated/α-hetero) is 1. The number of nitrogens with zero attached hydrogens (tertiary/aromatic N) is 2. The fourth-order valence-electron chi connectivity index (χ4n) is 5.44. The molecule has 2 aliphatic carbocycles. The third kappa shape index (κ3) is 2.84. The first-order valence-electron chi connectivity index (χ1n) is 11.1. The van der Waals surface area contributed by atoms with Crippen molar-refractivity contribution in [2.45, 2.75) is 50.4 Å². The predicted octanol–water partition coefficient (Wildman–Crippen LogP) is 5.89. The lowest BCUT2D eigenvalue weighted by atomic mass is 9.73. The number of fused-ring (bicyclic) bond motifs is 4. The molecule has 2 aromatic carbocycles. The number of hydrogen-bond acceptors (Lipinski definition) is 3. The Labute approximate surface area is 176 Å². The van der Waals surface area contributed by atoms with Crippen LogP contribution >= 0.6 is 0 Å². The normalized spacial score (nSPS) is 20.7. The summed E-state index contributed by atoms with van der Waals surface area (Å²) < 4.78 is 0. The van der Waals surface area contributed by atoms with E-state index in [1.807, 2.05) is 24.3 Å². The molecule has 30 heavy (non-hydrogen) atoms. The standard InChI is InChI=1S/C27H24N2O/c30-27(19-9-5-13-25-21(19)15-17-7-1-3-11-23(17)28-25)20-10-6-14-26-22(20)16-18-8-2-4-12-24(18)29-26/h1-4,7-8,11-12,15-16,19-20H,5-6,9-10,13-14H2. The van der Waals surface area contributed by atoms with E-state index in [1.54, 1.807) is 0 Å². The van der Waals surface area contributed by atoms with Gasteiger partial charge in [-0.1, -0.05) is 36.4 Å². The molecule has 0 spiro atoms. The van der Waals surface area contributed by atoms with Crippen molar-refractivity contribution in [3.05, 3.63) is 83.2 Å². The van der Waals surface area contributed by atoms with Gasteiger partial charge < -0.3 is 0 Å². The average molecular weight is 393 g/mol. The summed E-state index contributed by atoms with van der Waals surface area (Å²) in [7, 11) is 0. The molecule has 148 valence electrons. The number of pyridine rings is 2. The van der Waals surface area contributed by atoms with Crippen LogP contribution in [0.4, 0.5) is 0 Å². The quantitative estimate of drug-likeness (QED) is 0.427. The van der Waals surface area contributed by atoms with Gasteiger partial charge in [-0.15, -0.1) is 0 Å². The largest absolute Gasteiger partial charge is 0.298 e. The second-order valence-corrected chi connectivity index (χ2v) is 8.73. The van der Waals surface area contributed by atoms with E-state index in [2.05, 4.69) is 36.4 Å². The van der Waals surface area contributed by atoms with Crippen molar-refractivity contribution in [3.63, 3.8) is 0 Å². The Morgan fingerprint density at radius 1 is 0.700 bits per heavy atom. The van der Waals surface area contributed by atoms with E-state index in [-0.39, 0.29) is 11.8 Å². The Morgan fingerprint density at radius 3 is 1.67 bits per heavy atom. The maximum atomic E-state index is 13.9. The monoisotopic (exact) mass is 392 g/mol. The lowest BCUT2D eigenvalue weighted by Gasteiger charge is -2.30. The van der Waals surface area contributed by atoms with Crippen molar-refractivity contribution in [2.24, 2.45) is 0 Å². The minimum absolute atomic E-state index is 0.0479. The van der Waals surface area contributed by atoms with Gasteiger partial charge >= 0.3 is 0 Å². The SMILES string of the molecule is O=C(C1CCCc2nc3ccccc3cc21)C1CCCc2nc3ccccc3cc21. The minimum Gasteiger partial charge on any atom is -0.298 e. The predicted molar refractivity (Wildman–Crippen MR) is 120 cm³/mol. The Bertz CT molecular complexity index is 1190. The van der Waals surface area contributed by atoms with Gasteiger partial charge in [0.2, 0.25) is 0 Å². The van der Waals surface area contributed by atoms with E-state index < -0.39 is 0 Å². The van der Waals surface area contributed by atoms with E-state index in [0.29, 0.717) is 5.78 Å². The molecular formula is C27H24N2O. The molecule has 2 aromatic heterocycles. The molecule has 0 N–H and O–H groups in total. The van der Waals surface area contributed by atoms with Crippen LogP contribution in [0.25, 0.3) is 21.8 Å². The second kappa shape index (κ2) is 7.02. The number of carbonyl (C=O) groups excluding carboxylic acids is 1. The molecular weight excluding hydrogens is 368 g/mol. The topological polar surface area (TPSA) is 42.9 Å². The number of aromatic nitrogens is 2. The minimum atomic E-state index is -0.0479. The number of benzene rings is 2. The smallest absolute Gasteiger partial charge is 0.147 e. The molecule has 6 rings (SSSR count). The van der Waals surface area contributed by atoms with E-state index in [0.717, 1.165) is 82.8 Å². The molecule has 0 amide bonds. The average Bonchev–Trinajstić information content (AvgIpc) is 2.80. The second-order valence-electron chi connectivity index (χ2n) is 8.73. The molecule has 4 aromatic rings. The highest BCUT2D eigenvalue weighted by Gasteiger charge is 2.35. The highest BCUT2D eigenvalue weighted by Crippen LogP contribution is 2.41. The maximum Gasteiger partial charge on any atom is 0.147 e. The molecule has 2 aliphatic rings. The van der Waals surface area contributed by atoms with Crippen molar-refractivity contribution in [1.29, 1.82) is 0 Å². The summed E-state index contributed by atoms with van der Waals surface area (Å²) in [6, 6.07) is 20.9. The summed E-state index contributed by atoms with van der Waals surface area (Å²) in [5.74, 6) is 0.271. The van der Waals surface area contributed by atoms with Crippen molar-refractivity contribution in [3.8, 4) is 0 Å². The van der Waals surface area contributed by atoms with Gasteiger partial charge in [0.15, 0.2) is 0 Å². The lowest BCUT2D eigenvalue weighted by Crippen LogP contribution is -2.27. The zero-order chi connectivity index (χ0) is 20.1. The number of para-hydroxylation sites is 2. The molecule has 3 heteroatoms. The van der Waals surface area contributed by atoms with Crippen LogP contribution in [-0.2, 0) is 17.6 Å². The van der Waals surface area contributed by atoms with Crippen LogP contribution < -0.4 is 0 Å². The molecule has 3 nitrogen and oxygen atoms in total. The van der Waals surface area contributed by atoms with Gasteiger partial charge in [0.1, 0.15) is 5.78 Å². The van der Waals surface area contributed by atoms with Gasteiger partial charge in [0, 0.05) is 34.0 Å². The van der Waals surface area contributed by atoms with Crippen LogP contribution in [0.5, 0.6) is 0 Å². The summed E-state index contributed by atoms with van der Waals surface area (Å²) in [4.78, 5) is 23.7. The Balaban J connectivity index is 1.43. The summed E-state index contributed by atoms with van der Waals surface area (Å²) in [5, 5.41) is 2.26. The molecule has 0 fully saturated rings. The van der Waals surface area contributed by atoms with Gasteiger partial charge in [0.25, 0.3) is 0 Å². The summed E-state index contributed by atoms with van der Waals surface area (Å²) in [6.45, 7) is 0. The van der Waals surface area contributed by atoms with Crippen LogP contribution in [0, 0.1) is 0 Å². The molecule has 2 unspecified atom stereocenters. The van der Waals surface area contributed by atoms with Gasteiger partial charge in [-0.05, 0) is 73.9 Å². The van der Waals surface area contributed by atoms with Crippen molar-refractivity contribution in [1.82, 2.24) is 9.97 Å². The van der Waals surface area contributed by atoms with E-state index in [1.165, 1.54) is 0 Å². The van der Waals surface area contributed by atoms with Gasteiger partial charge in [0.05, 0.1) is 11.0 Å². The fraction of sp³-hybridized carbons (Fsp3) is 0.296. The zero-order valence-electron chi connectivity index (χ0n) is 17.0. The van der Waals surface area contributed by atoms with Crippen LogP contribution in [0.3, 0.4) is 0 Å². The first kappa shape index (κ1) is 17.8. The van der Waals surface area contributed by atoms with Gasteiger partial charge in [-0.25, -0.2) is 0 Å². The van der Waals surface area contributed by atoms with Gasteiger partial charge in [-0.3, -0.25) is 14.8 Å². The van der Waals surface area contributed by atoms with Crippen molar-refractivity contribution >= 4 is 27.6 Å². The Hall–Kier alpha value is -3.07. The van der Waals surface area contributed by atoms with Gasteiger partial charge in [-0.2, -0.15) is 0 Å². The summed E-state index contributed by atoms with van der Waals surface area (Å²) >= 11 is 0. The lowest BCUT2D eigenvalue weighted by molar-refractivity contribution is -0.122. The molecule has 0 bridgehead atoms. The number of aryl methyl sites for hydroxylation is 2. The number of carbonyl (C=O) groups is 1. The third-order valence-electron chi connectivity index (χ3n) is 6.92. The molecule has 0 saturated carbocycles. The first-order chi connectivity index (χ1) is 14.8. The molecule has 2 atom stereocenters. The van der Waals surface area contributed by atoms with Crippen molar-refractivity contribution < 1.29 is 4.79 Å². The zero-order valence-corrected chi connectivity index (χ0v) is 17.0. The fourth-order valence-corrected chi connectivity index (χ4v) is 5.44. The van der Waals surface area contributed by atoms with Crippen molar-refractivity contribution in [2.75, 3.05) is 0 Å². The van der Waals surface area contributed by atoms with E-state index >= 15 is 0 Å². The molecule has 0 aliphatic heterocycles. The molecule has 0 saturated heterocycles. The van der Waals surface area contributed by atoms with Crippen LogP contribution in [0.15, 0.2) is 60.7 Å².